The summed E-state index contributed by atoms with van der Waals surface area (Å²) in [5.41, 5.74) is -0.700. The van der Waals surface area contributed by atoms with E-state index in [1.165, 1.54) is 0 Å². The number of benzene rings is 1. The highest BCUT2D eigenvalue weighted by Gasteiger charge is 2.70. The van der Waals surface area contributed by atoms with Crippen LogP contribution in [-0.2, 0) is 20.3 Å². The van der Waals surface area contributed by atoms with Crippen LogP contribution < -0.4 is 14.4 Å². The molecule has 0 spiro atoms. The van der Waals surface area contributed by atoms with Crippen molar-refractivity contribution in [1.82, 2.24) is 10.1 Å². The Morgan fingerprint density at radius 1 is 1.02 bits per heavy atom. The number of unbranched alkanes of at least 4 members (excludes halogenated alkanes) is 2. The number of Topliss-reactive ketones (excluding diaryl/α,β-unsaturated/α-hetero) is 2. The minimum atomic E-state index is -2.89. The monoisotopic (exact) mass is 755 g/mol. The average Bonchev–Trinajstić information content (AvgIpc) is 3.48. The molecule has 4 atom stereocenters. The van der Waals surface area contributed by atoms with Gasteiger partial charge in [0.2, 0.25) is 5.78 Å². The topological polar surface area (TPSA) is 133 Å². The Balaban J connectivity index is 1.88. The highest BCUT2D eigenvalue weighted by atomic mass is 28.4. The number of aromatic nitrogens is 1. The minimum Gasteiger partial charge on any atom is -0.508 e. The largest absolute Gasteiger partial charge is 0.508 e. The molecule has 1 aromatic heterocycles. The van der Waals surface area contributed by atoms with Gasteiger partial charge in [-0.05, 0) is 80.8 Å². The molecule has 12 nitrogen and oxygen atoms in total. The second-order valence-electron chi connectivity index (χ2n) is 16.9. The lowest BCUT2D eigenvalue weighted by molar-refractivity contribution is -0.0948. The molecule has 0 bridgehead atoms. The molecule has 3 aliphatic rings. The Morgan fingerprint density at radius 3 is 2.26 bits per heavy atom. The van der Waals surface area contributed by atoms with E-state index < -0.39 is 42.9 Å². The van der Waals surface area contributed by atoms with Crippen molar-refractivity contribution in [2.24, 2.45) is 11.3 Å². The van der Waals surface area contributed by atoms with Gasteiger partial charge in [-0.2, -0.15) is 0 Å². The summed E-state index contributed by atoms with van der Waals surface area (Å²) in [4.78, 5) is 35.0. The van der Waals surface area contributed by atoms with Crippen molar-refractivity contribution in [3.63, 3.8) is 0 Å². The summed E-state index contributed by atoms with van der Waals surface area (Å²) in [6, 6.07) is 3.23. The SMILES string of the molecule is CCCCOc1ccc(N(C)C)c2c1C(=O)C1=C(O)[C@]3(O[Si](C)(C)C(C)(C)C)C(=O)c4c(OCCCC)noc4[C@@H](N(C)C)[C@@H]3C[C@]1(COCOC)C2. The summed E-state index contributed by atoms with van der Waals surface area (Å²) in [6.07, 6.45) is 3.98. The fraction of sp³-hybridized carbons (Fsp3) is 0.675. The zero-order valence-corrected chi connectivity index (χ0v) is 34.9. The highest BCUT2D eigenvalue weighted by Crippen LogP contribution is 2.63. The maximum atomic E-state index is 15.6. The van der Waals surface area contributed by atoms with E-state index in [1.54, 1.807) is 7.11 Å². The van der Waals surface area contributed by atoms with Crippen molar-refractivity contribution in [2.45, 2.75) is 103 Å². The van der Waals surface area contributed by atoms with Gasteiger partial charge >= 0.3 is 0 Å². The molecule has 13 heteroatoms. The third-order valence-electron chi connectivity index (χ3n) is 11.7. The molecule has 1 N–H and O–H groups in total. The fourth-order valence-electron chi connectivity index (χ4n) is 8.07. The number of anilines is 1. The molecule has 294 valence electrons. The lowest BCUT2D eigenvalue weighted by atomic mass is 9.52. The van der Waals surface area contributed by atoms with Gasteiger partial charge < -0.3 is 37.9 Å². The van der Waals surface area contributed by atoms with Crippen LogP contribution in [0, 0.1) is 11.3 Å². The van der Waals surface area contributed by atoms with Gasteiger partial charge in [0, 0.05) is 38.2 Å². The lowest BCUT2D eigenvalue weighted by Crippen LogP contribution is -2.66. The van der Waals surface area contributed by atoms with Gasteiger partial charge in [0.1, 0.15) is 23.9 Å². The van der Waals surface area contributed by atoms with Crippen molar-refractivity contribution in [3.05, 3.63) is 45.9 Å². The maximum Gasteiger partial charge on any atom is 0.265 e. The summed E-state index contributed by atoms with van der Waals surface area (Å²) in [5.74, 6) is -1.12. The molecular weight excluding hydrogens is 695 g/mol. The first kappa shape index (κ1) is 40.9. The molecule has 0 saturated carbocycles. The summed E-state index contributed by atoms with van der Waals surface area (Å²) < 4.78 is 37.3. The Kier molecular flexibility index (Phi) is 12.0. The molecule has 0 fully saturated rings. The number of ether oxygens (including phenoxy) is 4. The van der Waals surface area contributed by atoms with Crippen molar-refractivity contribution >= 4 is 25.6 Å². The van der Waals surface area contributed by atoms with E-state index in [4.69, 9.17) is 27.9 Å². The van der Waals surface area contributed by atoms with Crippen molar-refractivity contribution < 1.29 is 42.6 Å². The predicted octanol–water partition coefficient (Wildman–Crippen LogP) is 7.54. The van der Waals surface area contributed by atoms with E-state index in [-0.39, 0.29) is 47.6 Å². The standard InChI is InChI=1S/C40H61N3O9Si/c1-13-15-19-49-28-18-17-27(42(6)7)25-21-39(23-48-24-47-10)22-26-32(43(8)9)34-30(37(41-51-34)50-20-16-14-2)35(45)40(26,52-53(11,12)38(3,4)5)36(46)31(39)33(44)29(25)28/h17-18,26,32,46H,13-16,19-24H2,1-12H3/t26-,32-,39-,40+/m0/s1. The van der Waals surface area contributed by atoms with Crippen molar-refractivity contribution in [3.8, 4) is 11.6 Å². The summed E-state index contributed by atoms with van der Waals surface area (Å²) in [5, 5.41) is 17.1. The number of aliphatic hydroxyl groups is 1. The first-order valence-electron chi connectivity index (χ1n) is 19.0. The highest BCUT2D eigenvalue weighted by molar-refractivity contribution is 6.74. The number of fused-ring (bicyclic) bond motifs is 4. The van der Waals surface area contributed by atoms with Gasteiger partial charge in [-0.3, -0.25) is 14.5 Å². The van der Waals surface area contributed by atoms with Crippen LogP contribution in [0.2, 0.25) is 18.1 Å². The zero-order chi connectivity index (χ0) is 39.1. The number of hydrogen-bond donors (Lipinski definition) is 1. The van der Waals surface area contributed by atoms with Crippen LogP contribution in [0.1, 0.15) is 105 Å². The van der Waals surface area contributed by atoms with E-state index in [2.05, 4.69) is 52.9 Å². The fourth-order valence-corrected chi connectivity index (χ4v) is 9.52. The van der Waals surface area contributed by atoms with Crippen molar-refractivity contribution in [2.75, 3.05) is 66.8 Å². The van der Waals surface area contributed by atoms with Crippen molar-refractivity contribution in [1.29, 1.82) is 0 Å². The molecule has 1 heterocycles. The Bertz CT molecular complexity index is 1710. The molecule has 5 rings (SSSR count). The normalized spacial score (nSPS) is 24.2. The van der Waals surface area contributed by atoms with Crippen LogP contribution in [-0.4, -0.2) is 103 Å². The molecule has 0 radical (unpaired) electrons. The molecule has 3 aliphatic carbocycles. The molecule has 1 aromatic carbocycles. The number of rotatable bonds is 16. The quantitative estimate of drug-likeness (QED) is 0.103. The van der Waals surface area contributed by atoms with Gasteiger partial charge in [-0.15, -0.1) is 0 Å². The van der Waals surface area contributed by atoms with Crippen LogP contribution in [0.15, 0.2) is 28.0 Å². The van der Waals surface area contributed by atoms with E-state index in [1.807, 2.05) is 50.1 Å². The Labute approximate surface area is 316 Å². The maximum absolute atomic E-state index is 15.6. The number of nitrogens with zero attached hydrogens (tertiary/aromatic N) is 3. The number of methoxy groups -OCH3 is 1. The van der Waals surface area contributed by atoms with Crippen LogP contribution in [0.25, 0.3) is 0 Å². The molecule has 0 unspecified atom stereocenters. The molecule has 0 amide bonds. The minimum absolute atomic E-state index is 0.0193. The van der Waals surface area contributed by atoms with Crippen LogP contribution in [0.4, 0.5) is 5.69 Å². The van der Waals surface area contributed by atoms with Gasteiger partial charge in [0.15, 0.2) is 25.5 Å². The van der Waals surface area contributed by atoms with Gasteiger partial charge in [-0.1, -0.05) is 47.5 Å². The second-order valence-corrected chi connectivity index (χ2v) is 21.6. The van der Waals surface area contributed by atoms with Gasteiger partial charge in [0.05, 0.1) is 37.0 Å². The second kappa shape index (κ2) is 15.5. The molecule has 0 aliphatic heterocycles. The summed E-state index contributed by atoms with van der Waals surface area (Å²) >= 11 is 0. The number of ketones is 2. The van der Waals surface area contributed by atoms with Crippen LogP contribution in [0.3, 0.4) is 0 Å². The Hall–Kier alpha value is -3.23. The first-order valence-corrected chi connectivity index (χ1v) is 21.9. The molecule has 53 heavy (non-hydrogen) atoms. The molecule has 2 aromatic rings. The molecular formula is C40H61N3O9Si. The predicted molar refractivity (Wildman–Crippen MR) is 206 cm³/mol. The van der Waals surface area contributed by atoms with E-state index in [0.717, 1.165) is 36.9 Å². The van der Waals surface area contributed by atoms with E-state index in [0.29, 0.717) is 36.7 Å². The smallest absolute Gasteiger partial charge is 0.265 e. The van der Waals surface area contributed by atoms with E-state index >= 15 is 9.59 Å². The van der Waals surface area contributed by atoms with Gasteiger partial charge in [0.25, 0.3) is 5.88 Å². The Morgan fingerprint density at radius 2 is 1.68 bits per heavy atom. The lowest BCUT2D eigenvalue weighted by Gasteiger charge is -2.58. The third-order valence-corrected chi connectivity index (χ3v) is 16.1. The summed E-state index contributed by atoms with van der Waals surface area (Å²) in [7, 11) is 6.38. The summed E-state index contributed by atoms with van der Waals surface area (Å²) in [6.45, 7) is 15.3. The number of hydrogen-bond acceptors (Lipinski definition) is 12. The third kappa shape index (κ3) is 6.96. The number of carbonyl (C=O) groups excluding carboxylic acids is 2. The first-order chi connectivity index (χ1) is 24.9. The van der Waals surface area contributed by atoms with Crippen LogP contribution in [0.5, 0.6) is 11.6 Å². The molecule has 0 saturated heterocycles. The number of aliphatic hydroxyl groups excluding tert-OH is 1. The van der Waals surface area contributed by atoms with E-state index in [9.17, 15) is 5.11 Å². The van der Waals surface area contributed by atoms with Crippen LogP contribution >= 0.6 is 0 Å². The average molecular weight is 756 g/mol. The van der Waals surface area contributed by atoms with Gasteiger partial charge in [-0.25, -0.2) is 0 Å². The number of carbonyl (C=O) groups is 2. The zero-order valence-electron chi connectivity index (χ0n) is 33.9.